The molecule has 0 amide bonds. The molecule has 3 aliphatic carbocycles. The van der Waals surface area contributed by atoms with Crippen molar-refractivity contribution in [2.45, 2.75) is 63.4 Å². The fraction of sp³-hybridized carbons (Fsp3) is 0.609. The molecule has 3 N–H and O–H groups in total. The van der Waals surface area contributed by atoms with Crippen LogP contribution < -0.4 is 10.5 Å². The zero-order valence-corrected chi connectivity index (χ0v) is 17.4. The summed E-state index contributed by atoms with van der Waals surface area (Å²) in [6.45, 7) is 4.14. The van der Waals surface area contributed by atoms with E-state index in [0.717, 1.165) is 38.5 Å². The molecule has 0 saturated heterocycles. The van der Waals surface area contributed by atoms with Crippen molar-refractivity contribution in [1.82, 2.24) is 0 Å². The first kappa shape index (κ1) is 21.8. The molecule has 0 spiro atoms. The van der Waals surface area contributed by atoms with E-state index in [2.05, 4.69) is 12.1 Å². The average Bonchev–Trinajstić information content (AvgIpc) is 2.74. The van der Waals surface area contributed by atoms with E-state index in [1.165, 1.54) is 5.56 Å². The Morgan fingerprint density at radius 2 is 1.72 bits per heavy atom. The van der Waals surface area contributed by atoms with E-state index >= 15 is 0 Å². The lowest BCUT2D eigenvalue weighted by Gasteiger charge is -2.59. The van der Waals surface area contributed by atoms with Crippen molar-refractivity contribution in [3.8, 4) is 5.75 Å². The van der Waals surface area contributed by atoms with Gasteiger partial charge in [-0.2, -0.15) is 0 Å². The highest BCUT2D eigenvalue weighted by Gasteiger charge is 2.56. The number of hydrogen-bond donors (Lipinski definition) is 2. The summed E-state index contributed by atoms with van der Waals surface area (Å²) >= 11 is 0. The Labute approximate surface area is 172 Å². The number of benzene rings is 1. The van der Waals surface area contributed by atoms with E-state index in [1.54, 1.807) is 0 Å². The Bertz CT molecular complexity index is 732. The van der Waals surface area contributed by atoms with E-state index in [9.17, 15) is 9.18 Å². The molecule has 3 fully saturated rings. The minimum atomic E-state index is -0.918. The third kappa shape index (κ3) is 4.33. The van der Waals surface area contributed by atoms with Crippen molar-refractivity contribution in [2.24, 2.45) is 11.1 Å². The maximum absolute atomic E-state index is 12.6. The third-order valence-electron chi connectivity index (χ3n) is 7.39. The Hall–Kier alpha value is -1.92. The van der Waals surface area contributed by atoms with Crippen molar-refractivity contribution in [3.63, 3.8) is 0 Å². The van der Waals surface area contributed by atoms with Crippen LogP contribution in [0.5, 0.6) is 5.75 Å². The molecule has 0 atom stereocenters. The van der Waals surface area contributed by atoms with Crippen LogP contribution in [0.3, 0.4) is 0 Å². The normalized spacial score (nSPS) is 27.1. The molecule has 0 heterocycles. The van der Waals surface area contributed by atoms with E-state index in [1.807, 2.05) is 26.0 Å². The van der Waals surface area contributed by atoms with Crippen molar-refractivity contribution in [1.29, 1.82) is 0 Å². The van der Waals surface area contributed by atoms with Crippen LogP contribution in [0.4, 0.5) is 4.39 Å². The van der Waals surface area contributed by atoms with Gasteiger partial charge >= 0.3 is 5.97 Å². The lowest BCUT2D eigenvalue weighted by Crippen LogP contribution is -2.55. The van der Waals surface area contributed by atoms with Crippen LogP contribution in [-0.2, 0) is 14.9 Å². The minimum Gasteiger partial charge on any atom is -0.489 e. The van der Waals surface area contributed by atoms with Gasteiger partial charge in [0.1, 0.15) is 19.0 Å². The van der Waals surface area contributed by atoms with Gasteiger partial charge in [0.05, 0.1) is 11.9 Å². The van der Waals surface area contributed by atoms with E-state index in [0.29, 0.717) is 17.7 Å². The fourth-order valence-corrected chi connectivity index (χ4v) is 5.13. The smallest absolute Gasteiger partial charge is 0.329 e. The molecule has 1 aromatic carbocycles. The zero-order chi connectivity index (χ0) is 21.1. The molecule has 2 bridgehead atoms. The Balaban J connectivity index is 1.65. The molecule has 160 valence electrons. The molecule has 4 rings (SSSR count). The first-order chi connectivity index (χ1) is 13.8. The molecule has 29 heavy (non-hydrogen) atoms. The summed E-state index contributed by atoms with van der Waals surface area (Å²) in [5.41, 5.74) is 6.98. The van der Waals surface area contributed by atoms with Gasteiger partial charge in [0.25, 0.3) is 0 Å². The van der Waals surface area contributed by atoms with Gasteiger partial charge in [-0.25, -0.2) is 9.18 Å². The second-order valence-corrected chi connectivity index (χ2v) is 9.04. The number of ether oxygens (including phenoxy) is 2. The molecular formula is C23H32FNO4. The van der Waals surface area contributed by atoms with Gasteiger partial charge in [-0.3, -0.25) is 0 Å². The van der Waals surface area contributed by atoms with Crippen LogP contribution in [-0.4, -0.2) is 36.4 Å². The van der Waals surface area contributed by atoms with Gasteiger partial charge in [0, 0.05) is 12.1 Å². The van der Waals surface area contributed by atoms with Crippen molar-refractivity contribution in [3.05, 3.63) is 41.7 Å². The number of carbonyl (C=O) groups is 1. The molecule has 6 heteroatoms. The summed E-state index contributed by atoms with van der Waals surface area (Å²) < 4.78 is 24.0. The number of rotatable bonds is 9. The topological polar surface area (TPSA) is 81.8 Å². The van der Waals surface area contributed by atoms with Gasteiger partial charge in [-0.05, 0) is 80.9 Å². The Morgan fingerprint density at radius 1 is 1.14 bits per heavy atom. The number of aliphatic carboxylic acids is 1. The van der Waals surface area contributed by atoms with E-state index in [4.69, 9.17) is 20.3 Å². The summed E-state index contributed by atoms with van der Waals surface area (Å²) in [7, 11) is 0. The standard InChI is InChI=1S/C23H32FNO4/c1-21(2,29-16-20(26)27)23-10-7-22(8-11-23,9-12-23)18-3-5-19(6-4-18)28-15-17(13-24)14-25/h3-6,13H,7-12,14-16,25H2,1-2H3,(H,26,27)/b17-13+. The number of nitrogens with two attached hydrogens (primary N) is 1. The second kappa shape index (κ2) is 8.44. The molecule has 1 aromatic rings. The number of carboxylic acids is 1. The van der Waals surface area contributed by atoms with E-state index < -0.39 is 11.6 Å². The van der Waals surface area contributed by atoms with Crippen LogP contribution >= 0.6 is 0 Å². The van der Waals surface area contributed by atoms with Crippen molar-refractivity contribution < 1.29 is 23.8 Å². The molecule has 0 aromatic heterocycles. The van der Waals surface area contributed by atoms with Gasteiger partial charge in [-0.1, -0.05) is 12.1 Å². The largest absolute Gasteiger partial charge is 0.489 e. The summed E-state index contributed by atoms with van der Waals surface area (Å²) in [5.74, 6) is -0.208. The first-order valence-corrected chi connectivity index (χ1v) is 10.3. The summed E-state index contributed by atoms with van der Waals surface area (Å²) in [6, 6.07) is 8.15. The molecule has 3 aliphatic rings. The summed E-state index contributed by atoms with van der Waals surface area (Å²) in [4.78, 5) is 10.9. The monoisotopic (exact) mass is 405 g/mol. The predicted molar refractivity (Wildman–Crippen MR) is 110 cm³/mol. The van der Waals surface area contributed by atoms with Crippen molar-refractivity contribution >= 4 is 5.97 Å². The SMILES string of the molecule is CC(C)(OCC(=O)O)C12CCC(c3ccc(OC/C(=C/F)CN)cc3)(CC1)CC2. The van der Waals surface area contributed by atoms with Gasteiger partial charge in [0.2, 0.25) is 0 Å². The fourth-order valence-electron chi connectivity index (χ4n) is 5.13. The Kier molecular flexibility index (Phi) is 6.34. The van der Waals surface area contributed by atoms with Crippen LogP contribution in [0.2, 0.25) is 0 Å². The molecular weight excluding hydrogens is 373 g/mol. The van der Waals surface area contributed by atoms with Crippen LogP contribution in [0.15, 0.2) is 36.2 Å². The van der Waals surface area contributed by atoms with Crippen LogP contribution in [0, 0.1) is 5.41 Å². The number of carboxylic acid groups (broad SMARTS) is 1. The van der Waals surface area contributed by atoms with Crippen LogP contribution in [0.1, 0.15) is 57.9 Å². The number of hydrogen-bond acceptors (Lipinski definition) is 4. The molecule has 0 unspecified atom stereocenters. The lowest BCUT2D eigenvalue weighted by molar-refractivity contribution is -0.174. The number of halogens is 1. The highest BCUT2D eigenvalue weighted by Crippen LogP contribution is 2.62. The van der Waals surface area contributed by atoms with E-state index in [-0.39, 0.29) is 30.6 Å². The van der Waals surface area contributed by atoms with Gasteiger partial charge in [-0.15, -0.1) is 0 Å². The first-order valence-electron chi connectivity index (χ1n) is 10.3. The Morgan fingerprint density at radius 3 is 2.21 bits per heavy atom. The van der Waals surface area contributed by atoms with Gasteiger partial charge in [0.15, 0.2) is 0 Å². The van der Waals surface area contributed by atoms with Crippen LogP contribution in [0.25, 0.3) is 0 Å². The average molecular weight is 406 g/mol. The molecule has 0 aliphatic heterocycles. The summed E-state index contributed by atoms with van der Waals surface area (Å²) in [6.07, 6.45) is 6.86. The summed E-state index contributed by atoms with van der Waals surface area (Å²) in [5, 5.41) is 8.99. The third-order valence-corrected chi connectivity index (χ3v) is 7.39. The maximum Gasteiger partial charge on any atom is 0.329 e. The zero-order valence-electron chi connectivity index (χ0n) is 17.4. The number of fused-ring (bicyclic) bond motifs is 3. The van der Waals surface area contributed by atoms with Crippen molar-refractivity contribution in [2.75, 3.05) is 19.8 Å². The van der Waals surface area contributed by atoms with Gasteiger partial charge < -0.3 is 20.3 Å². The minimum absolute atomic E-state index is 0.0462. The second-order valence-electron chi connectivity index (χ2n) is 9.04. The molecule has 5 nitrogen and oxygen atoms in total. The lowest BCUT2D eigenvalue weighted by atomic mass is 9.48. The highest BCUT2D eigenvalue weighted by molar-refractivity contribution is 5.68. The predicted octanol–water partition coefficient (Wildman–Crippen LogP) is 4.35. The highest BCUT2D eigenvalue weighted by atomic mass is 19.1. The quantitative estimate of drug-likeness (QED) is 0.638. The molecule has 0 radical (unpaired) electrons. The maximum atomic E-state index is 12.6. The molecule has 3 saturated carbocycles.